The largest absolute Gasteiger partial charge is 0.471 e. The number of amides is 1. The van der Waals surface area contributed by atoms with Crippen LogP contribution in [0.1, 0.15) is 17.4 Å². The first kappa shape index (κ1) is 19.2. The first-order chi connectivity index (χ1) is 14.2. The van der Waals surface area contributed by atoms with Crippen LogP contribution in [-0.4, -0.2) is 58.2 Å². The molecule has 0 unspecified atom stereocenters. The summed E-state index contributed by atoms with van der Waals surface area (Å²) in [6.07, 6.45) is 1.79. The first-order valence-corrected chi connectivity index (χ1v) is 10.1. The molecule has 1 fully saturated rings. The average Bonchev–Trinajstić information content (AvgIpc) is 3.27. The summed E-state index contributed by atoms with van der Waals surface area (Å²) in [4.78, 5) is 16.9. The number of benzene rings is 2. The quantitative estimate of drug-likeness (QED) is 0.648. The number of carbonyl (C=O) groups is 1. The van der Waals surface area contributed by atoms with Crippen molar-refractivity contribution in [2.45, 2.75) is 13.7 Å². The van der Waals surface area contributed by atoms with Crippen LogP contribution in [0.4, 0.5) is 0 Å². The van der Waals surface area contributed by atoms with Gasteiger partial charge in [-0.2, -0.15) is 5.10 Å². The van der Waals surface area contributed by atoms with Crippen LogP contribution in [0.2, 0.25) is 0 Å². The van der Waals surface area contributed by atoms with E-state index in [4.69, 9.17) is 4.74 Å². The smallest absolute Gasteiger partial charge is 0.274 e. The molecule has 0 saturated carbocycles. The molecule has 1 aliphatic rings. The summed E-state index contributed by atoms with van der Waals surface area (Å²) >= 11 is 0. The standard InChI is InChI=1S/C23H26N4O2/c1-2-25-14-16-26(17-15-25)23(28)22-12-13-27(24-22)18-29-21-10-8-20(9-11-21)19-6-4-3-5-7-19/h3-13H,2,14-18H2,1H3. The third-order valence-corrected chi connectivity index (χ3v) is 5.29. The Kier molecular flexibility index (Phi) is 5.91. The van der Waals surface area contributed by atoms with Crippen LogP contribution in [0.5, 0.6) is 5.75 Å². The number of hydrogen-bond acceptors (Lipinski definition) is 4. The zero-order chi connectivity index (χ0) is 20.1. The predicted octanol–water partition coefficient (Wildman–Crippen LogP) is 3.36. The third kappa shape index (κ3) is 4.66. The van der Waals surface area contributed by atoms with Gasteiger partial charge in [-0.1, -0.05) is 49.4 Å². The normalized spacial score (nSPS) is 14.7. The van der Waals surface area contributed by atoms with E-state index in [1.54, 1.807) is 16.9 Å². The lowest BCUT2D eigenvalue weighted by Crippen LogP contribution is -2.48. The Labute approximate surface area is 171 Å². The molecule has 1 saturated heterocycles. The second-order valence-electron chi connectivity index (χ2n) is 7.13. The Morgan fingerprint density at radius 1 is 0.931 bits per heavy atom. The van der Waals surface area contributed by atoms with Crippen LogP contribution < -0.4 is 4.74 Å². The molecule has 0 bridgehead atoms. The van der Waals surface area contributed by atoms with Gasteiger partial charge in [-0.3, -0.25) is 4.79 Å². The molecule has 150 valence electrons. The van der Waals surface area contributed by atoms with Crippen LogP contribution in [0.3, 0.4) is 0 Å². The number of carbonyl (C=O) groups excluding carboxylic acids is 1. The molecule has 6 nitrogen and oxygen atoms in total. The zero-order valence-corrected chi connectivity index (χ0v) is 16.7. The Morgan fingerprint density at radius 3 is 2.31 bits per heavy atom. The van der Waals surface area contributed by atoms with Crippen LogP contribution in [-0.2, 0) is 6.73 Å². The summed E-state index contributed by atoms with van der Waals surface area (Å²) in [6.45, 7) is 6.79. The second-order valence-corrected chi connectivity index (χ2v) is 7.13. The summed E-state index contributed by atoms with van der Waals surface area (Å²) in [7, 11) is 0. The molecular weight excluding hydrogens is 364 g/mol. The van der Waals surface area contributed by atoms with E-state index >= 15 is 0 Å². The highest BCUT2D eigenvalue weighted by Crippen LogP contribution is 2.22. The van der Waals surface area contributed by atoms with Gasteiger partial charge in [0.15, 0.2) is 12.4 Å². The summed E-state index contributed by atoms with van der Waals surface area (Å²) in [5.74, 6) is 0.760. The van der Waals surface area contributed by atoms with Crippen LogP contribution in [0, 0.1) is 0 Å². The van der Waals surface area contributed by atoms with Gasteiger partial charge in [-0.05, 0) is 35.9 Å². The van der Waals surface area contributed by atoms with Gasteiger partial charge in [0.25, 0.3) is 5.91 Å². The topological polar surface area (TPSA) is 50.6 Å². The zero-order valence-electron chi connectivity index (χ0n) is 16.7. The van der Waals surface area contributed by atoms with E-state index in [-0.39, 0.29) is 12.6 Å². The molecule has 2 heterocycles. The molecule has 1 aromatic heterocycles. The number of piperazine rings is 1. The predicted molar refractivity (Wildman–Crippen MR) is 113 cm³/mol. The first-order valence-electron chi connectivity index (χ1n) is 10.1. The molecule has 6 heteroatoms. The molecule has 2 aromatic carbocycles. The summed E-state index contributed by atoms with van der Waals surface area (Å²) in [5.41, 5.74) is 2.79. The van der Waals surface area contributed by atoms with Gasteiger partial charge in [0.2, 0.25) is 0 Å². The third-order valence-electron chi connectivity index (χ3n) is 5.29. The van der Waals surface area contributed by atoms with Crippen molar-refractivity contribution in [1.82, 2.24) is 19.6 Å². The summed E-state index contributed by atoms with van der Waals surface area (Å²) < 4.78 is 7.47. The van der Waals surface area contributed by atoms with E-state index in [2.05, 4.69) is 29.1 Å². The maximum atomic E-state index is 12.6. The molecule has 0 atom stereocenters. The van der Waals surface area contributed by atoms with Gasteiger partial charge in [-0.15, -0.1) is 0 Å². The number of nitrogens with zero attached hydrogens (tertiary/aromatic N) is 4. The number of aromatic nitrogens is 2. The molecule has 0 radical (unpaired) electrons. The number of ether oxygens (including phenoxy) is 1. The summed E-state index contributed by atoms with van der Waals surface area (Å²) in [6, 6.07) is 20.0. The van der Waals surface area contributed by atoms with Gasteiger partial charge in [-0.25, -0.2) is 4.68 Å². The molecule has 1 amide bonds. The van der Waals surface area contributed by atoms with Gasteiger partial charge in [0, 0.05) is 32.4 Å². The van der Waals surface area contributed by atoms with Crippen molar-refractivity contribution in [3.63, 3.8) is 0 Å². The summed E-state index contributed by atoms with van der Waals surface area (Å²) in [5, 5.41) is 4.39. The van der Waals surface area contributed by atoms with E-state index in [0.29, 0.717) is 5.69 Å². The SMILES string of the molecule is CCN1CCN(C(=O)c2ccn(COc3ccc(-c4ccccc4)cc3)n2)CC1. The van der Waals surface area contributed by atoms with Crippen LogP contribution in [0.15, 0.2) is 66.9 Å². The van der Waals surface area contributed by atoms with E-state index in [9.17, 15) is 4.79 Å². The Bertz CT molecular complexity index is 929. The average molecular weight is 390 g/mol. The minimum atomic E-state index is -0.00767. The maximum Gasteiger partial charge on any atom is 0.274 e. The lowest BCUT2D eigenvalue weighted by Gasteiger charge is -2.33. The fourth-order valence-corrected chi connectivity index (χ4v) is 3.49. The van der Waals surface area contributed by atoms with Crippen molar-refractivity contribution in [2.75, 3.05) is 32.7 Å². The lowest BCUT2D eigenvalue weighted by molar-refractivity contribution is 0.0635. The van der Waals surface area contributed by atoms with Crippen molar-refractivity contribution in [3.05, 3.63) is 72.6 Å². The Morgan fingerprint density at radius 2 is 1.62 bits per heavy atom. The minimum Gasteiger partial charge on any atom is -0.471 e. The van der Waals surface area contributed by atoms with Gasteiger partial charge < -0.3 is 14.5 Å². The van der Waals surface area contributed by atoms with Crippen molar-refractivity contribution < 1.29 is 9.53 Å². The van der Waals surface area contributed by atoms with Crippen molar-refractivity contribution in [2.24, 2.45) is 0 Å². The van der Waals surface area contributed by atoms with Crippen molar-refractivity contribution in [3.8, 4) is 16.9 Å². The Hall–Kier alpha value is -3.12. The molecule has 29 heavy (non-hydrogen) atoms. The number of likely N-dealkylation sites (N-methyl/N-ethyl adjacent to an activating group) is 1. The lowest BCUT2D eigenvalue weighted by atomic mass is 10.1. The Balaban J connectivity index is 1.32. The second kappa shape index (κ2) is 8.92. The fraction of sp³-hybridized carbons (Fsp3) is 0.304. The molecular formula is C23H26N4O2. The van der Waals surface area contributed by atoms with Gasteiger partial charge >= 0.3 is 0 Å². The van der Waals surface area contributed by atoms with E-state index < -0.39 is 0 Å². The molecule has 0 aliphatic carbocycles. The van der Waals surface area contributed by atoms with Crippen LogP contribution in [0.25, 0.3) is 11.1 Å². The monoisotopic (exact) mass is 390 g/mol. The van der Waals surface area contributed by atoms with Crippen LogP contribution >= 0.6 is 0 Å². The number of rotatable bonds is 6. The molecule has 0 spiro atoms. The fourth-order valence-electron chi connectivity index (χ4n) is 3.49. The van der Waals surface area contributed by atoms with Crippen molar-refractivity contribution >= 4 is 5.91 Å². The van der Waals surface area contributed by atoms with E-state index in [0.717, 1.165) is 44.0 Å². The van der Waals surface area contributed by atoms with E-state index in [1.807, 2.05) is 47.4 Å². The molecule has 3 aromatic rings. The minimum absolute atomic E-state index is 0.00767. The molecule has 1 aliphatic heterocycles. The highest BCUT2D eigenvalue weighted by atomic mass is 16.5. The maximum absolute atomic E-state index is 12.6. The van der Waals surface area contributed by atoms with Gasteiger partial charge in [0.05, 0.1) is 0 Å². The number of hydrogen-bond donors (Lipinski definition) is 0. The van der Waals surface area contributed by atoms with Crippen molar-refractivity contribution in [1.29, 1.82) is 0 Å². The highest BCUT2D eigenvalue weighted by Gasteiger charge is 2.22. The van der Waals surface area contributed by atoms with Gasteiger partial charge in [0.1, 0.15) is 5.75 Å². The molecule has 0 N–H and O–H groups in total. The molecule has 4 rings (SSSR count). The van der Waals surface area contributed by atoms with E-state index in [1.165, 1.54) is 5.56 Å². The highest BCUT2D eigenvalue weighted by molar-refractivity contribution is 5.92.